The maximum atomic E-state index is 12.0. The molecule has 1 aliphatic rings. The van der Waals surface area contributed by atoms with Gasteiger partial charge in [-0.05, 0) is 31.4 Å². The molecule has 0 aliphatic carbocycles. The van der Waals surface area contributed by atoms with Gasteiger partial charge in [0.1, 0.15) is 5.75 Å². The van der Waals surface area contributed by atoms with Crippen LogP contribution < -0.4 is 10.5 Å². The topological polar surface area (TPSA) is 68.4 Å². The van der Waals surface area contributed by atoms with Gasteiger partial charge in [-0.3, -0.25) is 14.7 Å². The molecule has 1 aromatic carbocycles. The van der Waals surface area contributed by atoms with E-state index in [2.05, 4.69) is 22.0 Å². The van der Waals surface area contributed by atoms with Gasteiger partial charge in [0.2, 0.25) is 5.91 Å². The third-order valence-corrected chi connectivity index (χ3v) is 4.78. The van der Waals surface area contributed by atoms with Gasteiger partial charge in [-0.1, -0.05) is 24.3 Å². The molecule has 5 heteroatoms. The van der Waals surface area contributed by atoms with Crippen molar-refractivity contribution in [2.24, 2.45) is 5.73 Å². The van der Waals surface area contributed by atoms with Crippen LogP contribution in [0.3, 0.4) is 0 Å². The Morgan fingerprint density at radius 2 is 2.04 bits per heavy atom. The van der Waals surface area contributed by atoms with Crippen molar-refractivity contribution in [3.63, 3.8) is 0 Å². The van der Waals surface area contributed by atoms with E-state index in [-0.39, 0.29) is 11.9 Å². The third kappa shape index (κ3) is 2.99. The molecule has 0 bridgehead atoms. The molecule has 1 atom stereocenters. The molecule has 5 nitrogen and oxygen atoms in total. The second kappa shape index (κ2) is 6.61. The summed E-state index contributed by atoms with van der Waals surface area (Å²) >= 11 is 0. The van der Waals surface area contributed by atoms with Crippen LogP contribution in [-0.4, -0.2) is 28.9 Å². The summed E-state index contributed by atoms with van der Waals surface area (Å²) in [5, 5.41) is 0. The number of hydrogen-bond donors (Lipinski definition) is 1. The fourth-order valence-corrected chi connectivity index (χ4v) is 3.45. The summed E-state index contributed by atoms with van der Waals surface area (Å²) in [5.74, 6) is 0.564. The first-order valence-electron chi connectivity index (χ1n) is 8.10. The zero-order valence-corrected chi connectivity index (χ0v) is 14.4. The second-order valence-electron chi connectivity index (χ2n) is 6.34. The molecule has 0 unspecified atom stereocenters. The van der Waals surface area contributed by atoms with Crippen LogP contribution in [0.1, 0.15) is 27.9 Å². The number of ether oxygens (including phenoxy) is 1. The first-order chi connectivity index (χ1) is 11.5. The highest BCUT2D eigenvalue weighted by atomic mass is 16.5. The fraction of sp³-hybridized carbons (Fsp3) is 0.368. The number of carbonyl (C=O) groups excluding carboxylic acids is 1. The molecule has 3 rings (SSSR count). The molecular weight excluding hydrogens is 302 g/mol. The quantitative estimate of drug-likeness (QED) is 0.935. The highest BCUT2D eigenvalue weighted by molar-refractivity contribution is 5.80. The molecular formula is C19H23N3O2. The number of aryl methyl sites for hydroxylation is 1. The predicted molar refractivity (Wildman–Crippen MR) is 92.6 cm³/mol. The Bertz CT molecular complexity index is 773. The van der Waals surface area contributed by atoms with E-state index in [0.717, 1.165) is 22.6 Å². The Labute approximate surface area is 142 Å². The Kier molecular flexibility index (Phi) is 4.53. The Hall–Kier alpha value is -2.40. The van der Waals surface area contributed by atoms with Crippen LogP contribution in [0.5, 0.6) is 5.75 Å². The molecule has 24 heavy (non-hydrogen) atoms. The summed E-state index contributed by atoms with van der Waals surface area (Å²) in [6.07, 6.45) is 2.46. The van der Waals surface area contributed by atoms with Gasteiger partial charge < -0.3 is 10.5 Å². The van der Waals surface area contributed by atoms with Crippen molar-refractivity contribution >= 4 is 5.91 Å². The van der Waals surface area contributed by atoms with Crippen LogP contribution in [0.25, 0.3) is 0 Å². The van der Waals surface area contributed by atoms with Crippen LogP contribution in [0.15, 0.2) is 30.5 Å². The summed E-state index contributed by atoms with van der Waals surface area (Å²) in [4.78, 5) is 18.6. The minimum Gasteiger partial charge on any atom is -0.496 e. The SMILES string of the molecule is COc1c(C)cnc(CN2Cc3ccccc3C[C@@H]2C(N)=O)c1C. The number of methoxy groups -OCH3 is 1. The summed E-state index contributed by atoms with van der Waals surface area (Å²) in [6, 6.07) is 7.90. The Morgan fingerprint density at radius 3 is 2.71 bits per heavy atom. The number of nitrogens with two attached hydrogens (primary N) is 1. The number of aromatic nitrogens is 1. The highest BCUT2D eigenvalue weighted by Gasteiger charge is 2.30. The number of amides is 1. The number of fused-ring (bicyclic) bond motifs is 1. The van der Waals surface area contributed by atoms with Crippen molar-refractivity contribution in [2.75, 3.05) is 7.11 Å². The minimum absolute atomic E-state index is 0.291. The molecule has 0 spiro atoms. The van der Waals surface area contributed by atoms with E-state index in [9.17, 15) is 4.79 Å². The van der Waals surface area contributed by atoms with Crippen LogP contribution in [0.4, 0.5) is 0 Å². The first-order valence-corrected chi connectivity index (χ1v) is 8.10. The molecule has 2 heterocycles. The van der Waals surface area contributed by atoms with Crippen molar-refractivity contribution in [3.05, 3.63) is 58.4 Å². The van der Waals surface area contributed by atoms with Gasteiger partial charge in [-0.25, -0.2) is 0 Å². The highest BCUT2D eigenvalue weighted by Crippen LogP contribution is 2.28. The van der Waals surface area contributed by atoms with Gasteiger partial charge in [0.15, 0.2) is 0 Å². The van der Waals surface area contributed by atoms with E-state index in [4.69, 9.17) is 10.5 Å². The number of pyridine rings is 1. The zero-order valence-electron chi connectivity index (χ0n) is 14.4. The van der Waals surface area contributed by atoms with E-state index < -0.39 is 0 Å². The molecule has 0 radical (unpaired) electrons. The summed E-state index contributed by atoms with van der Waals surface area (Å²) in [7, 11) is 1.67. The molecule has 2 N–H and O–H groups in total. The van der Waals surface area contributed by atoms with Gasteiger partial charge in [0, 0.05) is 30.4 Å². The lowest BCUT2D eigenvalue weighted by atomic mass is 9.93. The van der Waals surface area contributed by atoms with Crippen molar-refractivity contribution < 1.29 is 9.53 Å². The molecule has 0 fully saturated rings. The van der Waals surface area contributed by atoms with Crippen molar-refractivity contribution in [1.82, 2.24) is 9.88 Å². The maximum absolute atomic E-state index is 12.0. The molecule has 1 aromatic heterocycles. The number of rotatable bonds is 4. The molecule has 1 amide bonds. The van der Waals surface area contributed by atoms with Crippen molar-refractivity contribution in [2.45, 2.75) is 39.4 Å². The first kappa shape index (κ1) is 16.5. The lowest BCUT2D eigenvalue weighted by Crippen LogP contribution is -2.48. The predicted octanol–water partition coefficient (Wildman–Crippen LogP) is 2.12. The van der Waals surface area contributed by atoms with Crippen LogP contribution in [0.2, 0.25) is 0 Å². The largest absolute Gasteiger partial charge is 0.496 e. The van der Waals surface area contributed by atoms with Crippen molar-refractivity contribution in [3.8, 4) is 5.75 Å². The normalized spacial score (nSPS) is 17.4. The minimum atomic E-state index is -0.312. The smallest absolute Gasteiger partial charge is 0.235 e. The fourth-order valence-electron chi connectivity index (χ4n) is 3.45. The van der Waals surface area contributed by atoms with Gasteiger partial charge >= 0.3 is 0 Å². The number of benzene rings is 1. The Morgan fingerprint density at radius 1 is 1.33 bits per heavy atom. The molecule has 1 aliphatic heterocycles. The lowest BCUT2D eigenvalue weighted by Gasteiger charge is -2.35. The molecule has 2 aromatic rings. The summed E-state index contributed by atoms with van der Waals surface area (Å²) < 4.78 is 5.49. The summed E-state index contributed by atoms with van der Waals surface area (Å²) in [6.45, 7) is 5.25. The number of nitrogens with zero attached hydrogens (tertiary/aromatic N) is 2. The maximum Gasteiger partial charge on any atom is 0.235 e. The standard InChI is InChI=1S/C19H23N3O2/c1-12-9-21-16(13(2)18(12)24-3)11-22-10-15-7-5-4-6-14(15)8-17(22)19(20)23/h4-7,9,17H,8,10-11H2,1-3H3,(H2,20,23)/t17-/m1/s1. The number of primary amides is 1. The summed E-state index contributed by atoms with van der Waals surface area (Å²) in [5.41, 5.74) is 11.0. The van der Waals surface area contributed by atoms with E-state index in [1.807, 2.05) is 32.2 Å². The van der Waals surface area contributed by atoms with Gasteiger partial charge in [0.25, 0.3) is 0 Å². The Balaban J connectivity index is 1.92. The third-order valence-electron chi connectivity index (χ3n) is 4.78. The van der Waals surface area contributed by atoms with E-state index in [0.29, 0.717) is 19.5 Å². The molecule has 0 saturated carbocycles. The van der Waals surface area contributed by atoms with Crippen LogP contribution >= 0.6 is 0 Å². The van der Waals surface area contributed by atoms with E-state index in [1.165, 1.54) is 11.1 Å². The van der Waals surface area contributed by atoms with Gasteiger partial charge in [-0.15, -0.1) is 0 Å². The average molecular weight is 325 g/mol. The van der Waals surface area contributed by atoms with Crippen LogP contribution in [0, 0.1) is 13.8 Å². The van der Waals surface area contributed by atoms with E-state index in [1.54, 1.807) is 7.11 Å². The zero-order chi connectivity index (χ0) is 17.3. The van der Waals surface area contributed by atoms with Gasteiger partial charge in [0.05, 0.1) is 18.8 Å². The van der Waals surface area contributed by atoms with E-state index >= 15 is 0 Å². The van der Waals surface area contributed by atoms with Crippen LogP contribution in [-0.2, 0) is 24.3 Å². The second-order valence-corrected chi connectivity index (χ2v) is 6.34. The number of hydrogen-bond acceptors (Lipinski definition) is 4. The van der Waals surface area contributed by atoms with Gasteiger partial charge in [-0.2, -0.15) is 0 Å². The average Bonchev–Trinajstić information content (AvgIpc) is 2.57. The monoisotopic (exact) mass is 325 g/mol. The molecule has 126 valence electrons. The van der Waals surface area contributed by atoms with Crippen molar-refractivity contribution in [1.29, 1.82) is 0 Å². The molecule has 0 saturated heterocycles. The number of carbonyl (C=O) groups is 1. The lowest BCUT2D eigenvalue weighted by molar-refractivity contribution is -0.124.